The van der Waals surface area contributed by atoms with E-state index in [4.69, 9.17) is 14.2 Å². The molecule has 0 fully saturated rings. The highest BCUT2D eigenvalue weighted by Crippen LogP contribution is 2.35. The molecule has 26 heavy (non-hydrogen) atoms. The average molecular weight is 362 g/mol. The van der Waals surface area contributed by atoms with E-state index in [2.05, 4.69) is 5.32 Å². The zero-order valence-electron chi connectivity index (χ0n) is 16.1. The predicted molar refractivity (Wildman–Crippen MR) is 98.7 cm³/mol. The Bertz CT molecular complexity index is 810. The van der Waals surface area contributed by atoms with Crippen molar-refractivity contribution in [2.24, 2.45) is 13.0 Å². The van der Waals surface area contributed by atoms with E-state index in [1.165, 1.54) is 7.11 Å². The first kappa shape index (κ1) is 19.6. The van der Waals surface area contributed by atoms with Gasteiger partial charge in [-0.05, 0) is 30.5 Å². The Kier molecular flexibility index (Phi) is 6.13. The van der Waals surface area contributed by atoms with Crippen molar-refractivity contribution in [1.29, 1.82) is 0 Å². The van der Waals surface area contributed by atoms with Crippen LogP contribution in [0.4, 0.5) is 0 Å². The van der Waals surface area contributed by atoms with Crippen LogP contribution in [0.1, 0.15) is 30.8 Å². The highest BCUT2D eigenvalue weighted by atomic mass is 16.5. The van der Waals surface area contributed by atoms with Gasteiger partial charge in [-0.15, -0.1) is 0 Å². The number of aryl methyl sites for hydroxylation is 1. The summed E-state index contributed by atoms with van der Waals surface area (Å²) in [6, 6.07) is 4.61. The number of ether oxygens (including phenoxy) is 3. The molecule has 0 saturated heterocycles. The van der Waals surface area contributed by atoms with Gasteiger partial charge in [0.2, 0.25) is 0 Å². The third-order valence-corrected chi connectivity index (χ3v) is 4.29. The van der Waals surface area contributed by atoms with Crippen LogP contribution in [-0.2, 0) is 16.6 Å². The van der Waals surface area contributed by atoms with Crippen molar-refractivity contribution in [3.8, 4) is 11.5 Å². The first-order valence-corrected chi connectivity index (χ1v) is 8.43. The lowest BCUT2D eigenvalue weighted by Gasteiger charge is -2.18. The van der Waals surface area contributed by atoms with E-state index in [0.717, 1.165) is 10.9 Å². The Labute approximate surface area is 153 Å². The number of amides is 1. The molecule has 1 atom stereocenters. The molecule has 7 nitrogen and oxygen atoms in total. The van der Waals surface area contributed by atoms with Gasteiger partial charge in [-0.3, -0.25) is 4.79 Å². The van der Waals surface area contributed by atoms with Crippen LogP contribution in [0.3, 0.4) is 0 Å². The van der Waals surface area contributed by atoms with Gasteiger partial charge in [-0.2, -0.15) is 0 Å². The molecule has 0 aliphatic carbocycles. The fraction of sp³-hybridized carbons (Fsp3) is 0.474. The Morgan fingerprint density at radius 3 is 2.27 bits per heavy atom. The van der Waals surface area contributed by atoms with Gasteiger partial charge < -0.3 is 24.1 Å². The number of aromatic nitrogens is 1. The Balaban J connectivity index is 2.44. The standard InChI is InChI=1S/C19H26N2O5/c1-11(2)9-13(19(23)26-6)20-18(22)14-10-12-15(24-4)7-8-16(25-5)17(12)21(14)3/h7-8,10-11,13H,9H2,1-6H3,(H,20,22)/t13-/m0/s1. The summed E-state index contributed by atoms with van der Waals surface area (Å²) >= 11 is 0. The van der Waals surface area contributed by atoms with Crippen LogP contribution >= 0.6 is 0 Å². The van der Waals surface area contributed by atoms with Crippen LogP contribution in [0.15, 0.2) is 18.2 Å². The summed E-state index contributed by atoms with van der Waals surface area (Å²) < 4.78 is 17.3. The zero-order valence-corrected chi connectivity index (χ0v) is 16.1. The molecule has 2 aromatic rings. The van der Waals surface area contributed by atoms with Crippen molar-refractivity contribution in [3.63, 3.8) is 0 Å². The number of fused-ring (bicyclic) bond motifs is 1. The summed E-state index contributed by atoms with van der Waals surface area (Å²) in [6.45, 7) is 3.96. The van der Waals surface area contributed by atoms with Gasteiger partial charge in [-0.25, -0.2) is 4.79 Å². The number of benzene rings is 1. The van der Waals surface area contributed by atoms with Crippen LogP contribution in [0.5, 0.6) is 11.5 Å². The number of esters is 1. The van der Waals surface area contributed by atoms with E-state index in [0.29, 0.717) is 23.6 Å². The third-order valence-electron chi connectivity index (χ3n) is 4.29. The maximum Gasteiger partial charge on any atom is 0.328 e. The number of carbonyl (C=O) groups is 2. The van der Waals surface area contributed by atoms with E-state index in [9.17, 15) is 9.59 Å². The molecule has 0 aliphatic rings. The molecule has 1 aromatic carbocycles. The topological polar surface area (TPSA) is 78.8 Å². The van der Waals surface area contributed by atoms with Crippen molar-refractivity contribution < 1.29 is 23.8 Å². The van der Waals surface area contributed by atoms with E-state index in [1.54, 1.807) is 44.0 Å². The number of methoxy groups -OCH3 is 3. The maximum absolute atomic E-state index is 12.8. The van der Waals surface area contributed by atoms with E-state index in [1.807, 2.05) is 13.8 Å². The van der Waals surface area contributed by atoms with Gasteiger partial charge in [0.25, 0.3) is 5.91 Å². The largest absolute Gasteiger partial charge is 0.496 e. The minimum absolute atomic E-state index is 0.229. The number of hydrogen-bond acceptors (Lipinski definition) is 5. The van der Waals surface area contributed by atoms with E-state index < -0.39 is 12.0 Å². The number of nitrogens with one attached hydrogen (secondary N) is 1. The van der Waals surface area contributed by atoms with Gasteiger partial charge in [0.15, 0.2) is 0 Å². The van der Waals surface area contributed by atoms with Crippen molar-refractivity contribution in [2.45, 2.75) is 26.3 Å². The van der Waals surface area contributed by atoms with Crippen molar-refractivity contribution in [2.75, 3.05) is 21.3 Å². The lowest BCUT2D eigenvalue weighted by atomic mass is 10.0. The van der Waals surface area contributed by atoms with Crippen molar-refractivity contribution in [1.82, 2.24) is 9.88 Å². The second-order valence-corrected chi connectivity index (χ2v) is 6.50. The van der Waals surface area contributed by atoms with Gasteiger partial charge >= 0.3 is 5.97 Å². The molecule has 0 bridgehead atoms. The average Bonchev–Trinajstić information content (AvgIpc) is 2.97. The molecule has 1 aromatic heterocycles. The Morgan fingerprint density at radius 2 is 1.73 bits per heavy atom. The smallest absolute Gasteiger partial charge is 0.328 e. The molecule has 0 spiro atoms. The van der Waals surface area contributed by atoms with Crippen LogP contribution in [0.2, 0.25) is 0 Å². The molecule has 0 unspecified atom stereocenters. The second kappa shape index (κ2) is 8.12. The highest BCUT2D eigenvalue weighted by molar-refractivity contribution is 6.03. The SMILES string of the molecule is COC(=O)[C@H](CC(C)C)NC(=O)c1cc2c(OC)ccc(OC)c2n1C. The molecule has 1 amide bonds. The molecule has 142 valence electrons. The summed E-state index contributed by atoms with van der Waals surface area (Å²) in [7, 11) is 6.23. The first-order chi connectivity index (χ1) is 12.3. The molecule has 0 radical (unpaired) electrons. The first-order valence-electron chi connectivity index (χ1n) is 8.43. The van der Waals surface area contributed by atoms with Crippen LogP contribution in [0, 0.1) is 5.92 Å². The number of nitrogens with zero attached hydrogens (tertiary/aromatic N) is 1. The third kappa shape index (κ3) is 3.76. The Hall–Kier alpha value is -2.70. The summed E-state index contributed by atoms with van der Waals surface area (Å²) in [6.07, 6.45) is 0.495. The summed E-state index contributed by atoms with van der Waals surface area (Å²) in [5.41, 5.74) is 1.15. The summed E-state index contributed by atoms with van der Waals surface area (Å²) in [5, 5.41) is 3.54. The molecule has 1 heterocycles. The lowest BCUT2D eigenvalue weighted by Crippen LogP contribution is -2.42. The fourth-order valence-electron chi connectivity index (χ4n) is 3.03. The number of carbonyl (C=O) groups excluding carboxylic acids is 2. The van der Waals surface area contributed by atoms with Crippen molar-refractivity contribution >= 4 is 22.8 Å². The summed E-state index contributed by atoms with van der Waals surface area (Å²) in [5.74, 6) is 0.688. The molecular formula is C19H26N2O5. The quantitative estimate of drug-likeness (QED) is 0.766. The van der Waals surface area contributed by atoms with Gasteiger partial charge in [0.1, 0.15) is 23.2 Å². The molecule has 0 saturated carbocycles. The van der Waals surface area contributed by atoms with E-state index >= 15 is 0 Å². The predicted octanol–water partition coefficient (Wildman–Crippen LogP) is 2.51. The van der Waals surface area contributed by atoms with Crippen LogP contribution < -0.4 is 14.8 Å². The minimum atomic E-state index is -0.700. The molecular weight excluding hydrogens is 336 g/mol. The minimum Gasteiger partial charge on any atom is -0.496 e. The van der Waals surface area contributed by atoms with Crippen LogP contribution in [-0.4, -0.2) is 43.8 Å². The molecule has 7 heteroatoms. The normalized spacial score (nSPS) is 12.1. The number of hydrogen-bond donors (Lipinski definition) is 1. The fourth-order valence-corrected chi connectivity index (χ4v) is 3.03. The second-order valence-electron chi connectivity index (χ2n) is 6.50. The van der Waals surface area contributed by atoms with Gasteiger partial charge in [-0.1, -0.05) is 13.8 Å². The van der Waals surface area contributed by atoms with Crippen LogP contribution in [0.25, 0.3) is 10.9 Å². The zero-order chi connectivity index (χ0) is 19.4. The van der Waals surface area contributed by atoms with Crippen molar-refractivity contribution in [3.05, 3.63) is 23.9 Å². The Morgan fingerprint density at radius 1 is 1.12 bits per heavy atom. The van der Waals surface area contributed by atoms with E-state index in [-0.39, 0.29) is 11.8 Å². The molecule has 2 rings (SSSR count). The maximum atomic E-state index is 12.8. The summed E-state index contributed by atoms with van der Waals surface area (Å²) in [4.78, 5) is 24.8. The highest BCUT2D eigenvalue weighted by Gasteiger charge is 2.26. The lowest BCUT2D eigenvalue weighted by molar-refractivity contribution is -0.143. The van der Waals surface area contributed by atoms with Gasteiger partial charge in [0, 0.05) is 12.4 Å². The molecule has 1 N–H and O–H groups in total. The van der Waals surface area contributed by atoms with Gasteiger partial charge in [0.05, 0.1) is 26.8 Å². The number of rotatable bonds is 7. The molecule has 0 aliphatic heterocycles. The monoisotopic (exact) mass is 362 g/mol.